The molecule has 0 spiro atoms. The van der Waals surface area contributed by atoms with Gasteiger partial charge in [-0.15, -0.1) is 0 Å². The minimum atomic E-state index is -1.04. The van der Waals surface area contributed by atoms with Crippen LogP contribution in [0.3, 0.4) is 0 Å². The van der Waals surface area contributed by atoms with Crippen LogP contribution in [0, 0.1) is 0 Å². The topological polar surface area (TPSA) is 63.6 Å². The smallest absolute Gasteiger partial charge is 0.330 e. The maximum Gasteiger partial charge on any atom is 0.330 e. The van der Waals surface area contributed by atoms with E-state index in [0.29, 0.717) is 5.57 Å². The SMILES string of the molecule is COC(=O)C=CC(C)=CC(=O)O. The van der Waals surface area contributed by atoms with Gasteiger partial charge in [0.15, 0.2) is 0 Å². The summed E-state index contributed by atoms with van der Waals surface area (Å²) >= 11 is 0. The standard InChI is InChI=1S/C8H10O4/c1-6(5-7(9)10)3-4-8(11)12-2/h3-5H,1-2H3,(H,9,10). The first-order valence-electron chi connectivity index (χ1n) is 3.23. The Balaban J connectivity index is 4.17. The molecule has 12 heavy (non-hydrogen) atoms. The molecule has 0 unspecified atom stereocenters. The van der Waals surface area contributed by atoms with Gasteiger partial charge in [0.1, 0.15) is 0 Å². The third kappa shape index (κ3) is 5.22. The van der Waals surface area contributed by atoms with Crippen LogP contribution in [0.5, 0.6) is 0 Å². The van der Waals surface area contributed by atoms with Gasteiger partial charge in [-0.05, 0) is 12.5 Å². The minimum absolute atomic E-state index is 0.480. The Labute approximate surface area is 70.1 Å². The predicted octanol–water partition coefficient (Wildman–Crippen LogP) is 0.746. The Hall–Kier alpha value is -1.58. The van der Waals surface area contributed by atoms with Crippen LogP contribution in [0.25, 0.3) is 0 Å². The maximum absolute atomic E-state index is 10.5. The molecule has 0 saturated heterocycles. The Morgan fingerprint density at radius 1 is 1.33 bits per heavy atom. The van der Waals surface area contributed by atoms with E-state index in [1.165, 1.54) is 13.2 Å². The zero-order valence-corrected chi connectivity index (χ0v) is 6.90. The summed E-state index contributed by atoms with van der Waals surface area (Å²) in [5.74, 6) is -1.55. The summed E-state index contributed by atoms with van der Waals surface area (Å²) in [5.41, 5.74) is 0.480. The first-order valence-corrected chi connectivity index (χ1v) is 3.23. The molecule has 0 atom stereocenters. The zero-order valence-electron chi connectivity index (χ0n) is 6.90. The molecule has 0 aliphatic rings. The summed E-state index contributed by atoms with van der Waals surface area (Å²) in [6, 6.07) is 0. The molecule has 1 N–H and O–H groups in total. The van der Waals surface area contributed by atoms with E-state index in [1.54, 1.807) is 6.92 Å². The van der Waals surface area contributed by atoms with Crippen molar-refractivity contribution in [2.75, 3.05) is 7.11 Å². The fourth-order valence-electron chi connectivity index (χ4n) is 0.510. The quantitative estimate of drug-likeness (QED) is 0.385. The zero-order chi connectivity index (χ0) is 9.56. The van der Waals surface area contributed by atoms with Crippen LogP contribution in [-0.4, -0.2) is 24.2 Å². The molecule has 0 amide bonds. The van der Waals surface area contributed by atoms with Crippen molar-refractivity contribution >= 4 is 11.9 Å². The molecular weight excluding hydrogens is 160 g/mol. The second-order valence-corrected chi connectivity index (χ2v) is 2.08. The Morgan fingerprint density at radius 3 is 2.33 bits per heavy atom. The second kappa shape index (κ2) is 5.12. The minimum Gasteiger partial charge on any atom is -0.478 e. The molecule has 0 bridgehead atoms. The van der Waals surface area contributed by atoms with Crippen molar-refractivity contribution in [2.45, 2.75) is 6.92 Å². The molecule has 0 aromatic rings. The highest BCUT2D eigenvalue weighted by molar-refractivity contribution is 5.84. The average molecular weight is 170 g/mol. The summed E-state index contributed by atoms with van der Waals surface area (Å²) in [4.78, 5) is 20.6. The molecule has 0 aromatic carbocycles. The van der Waals surface area contributed by atoms with Crippen LogP contribution in [0.15, 0.2) is 23.8 Å². The van der Waals surface area contributed by atoms with Gasteiger partial charge in [-0.3, -0.25) is 0 Å². The Bertz CT molecular complexity index is 237. The third-order valence-corrected chi connectivity index (χ3v) is 1.03. The molecule has 0 rings (SSSR count). The highest BCUT2D eigenvalue weighted by Gasteiger charge is 1.92. The van der Waals surface area contributed by atoms with Crippen molar-refractivity contribution in [3.63, 3.8) is 0 Å². The number of carboxylic acid groups (broad SMARTS) is 1. The number of hydrogen-bond donors (Lipinski definition) is 1. The molecule has 0 saturated carbocycles. The monoisotopic (exact) mass is 170 g/mol. The van der Waals surface area contributed by atoms with Crippen molar-refractivity contribution < 1.29 is 19.4 Å². The van der Waals surface area contributed by atoms with Crippen LogP contribution < -0.4 is 0 Å². The van der Waals surface area contributed by atoms with E-state index in [-0.39, 0.29) is 0 Å². The number of carboxylic acids is 1. The molecule has 0 aliphatic carbocycles. The van der Waals surface area contributed by atoms with Crippen LogP contribution in [-0.2, 0) is 14.3 Å². The number of hydrogen-bond acceptors (Lipinski definition) is 3. The van der Waals surface area contributed by atoms with E-state index >= 15 is 0 Å². The lowest BCUT2D eigenvalue weighted by atomic mass is 10.2. The average Bonchev–Trinajstić information content (AvgIpc) is 1.99. The van der Waals surface area contributed by atoms with Crippen molar-refractivity contribution in [3.8, 4) is 0 Å². The van der Waals surface area contributed by atoms with Gasteiger partial charge in [0.05, 0.1) is 7.11 Å². The molecule has 0 radical (unpaired) electrons. The third-order valence-electron chi connectivity index (χ3n) is 1.03. The number of rotatable bonds is 3. The van der Waals surface area contributed by atoms with Gasteiger partial charge < -0.3 is 9.84 Å². The number of ether oxygens (including phenoxy) is 1. The summed E-state index contributed by atoms with van der Waals surface area (Å²) in [5, 5.41) is 8.28. The van der Waals surface area contributed by atoms with Crippen LogP contribution >= 0.6 is 0 Å². The van der Waals surface area contributed by atoms with Crippen LogP contribution in [0.1, 0.15) is 6.92 Å². The number of carbonyl (C=O) groups is 2. The highest BCUT2D eigenvalue weighted by Crippen LogP contribution is 1.94. The molecule has 66 valence electrons. The molecule has 4 nitrogen and oxygen atoms in total. The molecule has 0 aliphatic heterocycles. The van der Waals surface area contributed by atoms with E-state index in [1.807, 2.05) is 0 Å². The van der Waals surface area contributed by atoms with Crippen molar-refractivity contribution in [2.24, 2.45) is 0 Å². The molecule has 0 fully saturated rings. The molecule has 0 heterocycles. The lowest BCUT2D eigenvalue weighted by molar-refractivity contribution is -0.135. The Kier molecular flexibility index (Phi) is 4.45. The van der Waals surface area contributed by atoms with Crippen LogP contribution in [0.2, 0.25) is 0 Å². The fraction of sp³-hybridized carbons (Fsp3) is 0.250. The normalized spacial score (nSPS) is 11.7. The van der Waals surface area contributed by atoms with Gasteiger partial charge >= 0.3 is 11.9 Å². The highest BCUT2D eigenvalue weighted by atomic mass is 16.5. The fourth-order valence-corrected chi connectivity index (χ4v) is 0.510. The van der Waals surface area contributed by atoms with Gasteiger partial charge in [0.2, 0.25) is 0 Å². The van der Waals surface area contributed by atoms with E-state index < -0.39 is 11.9 Å². The van der Waals surface area contributed by atoms with Gasteiger partial charge in [-0.2, -0.15) is 0 Å². The van der Waals surface area contributed by atoms with Crippen molar-refractivity contribution in [1.29, 1.82) is 0 Å². The molecule has 4 heteroatoms. The van der Waals surface area contributed by atoms with E-state index in [9.17, 15) is 9.59 Å². The molecule has 0 aromatic heterocycles. The maximum atomic E-state index is 10.5. The van der Waals surface area contributed by atoms with E-state index in [0.717, 1.165) is 12.2 Å². The van der Waals surface area contributed by atoms with E-state index in [2.05, 4.69) is 4.74 Å². The molecular formula is C8H10O4. The summed E-state index contributed by atoms with van der Waals surface area (Å²) < 4.78 is 4.31. The number of methoxy groups -OCH3 is 1. The second-order valence-electron chi connectivity index (χ2n) is 2.08. The van der Waals surface area contributed by atoms with Crippen molar-refractivity contribution in [3.05, 3.63) is 23.8 Å². The first kappa shape index (κ1) is 10.4. The van der Waals surface area contributed by atoms with Gasteiger partial charge in [-0.1, -0.05) is 6.08 Å². The summed E-state index contributed by atoms with van der Waals surface area (Å²) in [6.45, 7) is 1.58. The number of aliphatic carboxylic acids is 1. The predicted molar refractivity (Wildman–Crippen MR) is 42.5 cm³/mol. The van der Waals surface area contributed by atoms with Crippen LogP contribution in [0.4, 0.5) is 0 Å². The lowest BCUT2D eigenvalue weighted by Gasteiger charge is -1.90. The van der Waals surface area contributed by atoms with Gasteiger partial charge in [-0.25, -0.2) is 9.59 Å². The first-order chi connectivity index (χ1) is 5.56. The van der Waals surface area contributed by atoms with E-state index in [4.69, 9.17) is 5.11 Å². The van der Waals surface area contributed by atoms with Gasteiger partial charge in [0.25, 0.3) is 0 Å². The summed E-state index contributed by atoms with van der Waals surface area (Å²) in [6.07, 6.45) is 3.54. The lowest BCUT2D eigenvalue weighted by Crippen LogP contribution is -1.94. The van der Waals surface area contributed by atoms with Crippen molar-refractivity contribution in [1.82, 2.24) is 0 Å². The largest absolute Gasteiger partial charge is 0.478 e. The number of carbonyl (C=O) groups excluding carboxylic acids is 1. The Morgan fingerprint density at radius 2 is 1.92 bits per heavy atom. The number of esters is 1. The van der Waals surface area contributed by atoms with Gasteiger partial charge in [0, 0.05) is 12.2 Å². The number of allylic oxidation sites excluding steroid dienone is 2. The summed E-state index contributed by atoms with van der Waals surface area (Å²) in [7, 11) is 1.25.